The molecule has 30 heavy (non-hydrogen) atoms. The van der Waals surface area contributed by atoms with Crippen LogP contribution < -0.4 is 19.5 Å². The maximum absolute atomic E-state index is 12.3. The predicted octanol–water partition coefficient (Wildman–Crippen LogP) is 5.17. The van der Waals surface area contributed by atoms with Crippen LogP contribution in [-0.4, -0.2) is 36.1 Å². The van der Waals surface area contributed by atoms with Crippen LogP contribution in [0.2, 0.25) is 10.0 Å². The van der Waals surface area contributed by atoms with Crippen molar-refractivity contribution in [3.05, 3.63) is 51.5 Å². The molecule has 0 aliphatic heterocycles. The Labute approximate surface area is 191 Å². The van der Waals surface area contributed by atoms with Gasteiger partial charge in [0.2, 0.25) is 5.91 Å². The van der Waals surface area contributed by atoms with E-state index in [4.69, 9.17) is 37.4 Å². The SMILES string of the molecule is COc1ccc(OC)c(NC(=O)CSc2nnc(COc3ccc(Cl)cc3Cl)s2)c1. The summed E-state index contributed by atoms with van der Waals surface area (Å²) in [6.45, 7) is 0.215. The molecule has 1 aromatic heterocycles. The Morgan fingerprint density at radius 1 is 1.10 bits per heavy atom. The summed E-state index contributed by atoms with van der Waals surface area (Å²) in [5, 5.41) is 12.6. The number of ether oxygens (including phenoxy) is 3. The number of hydrogen-bond donors (Lipinski definition) is 1. The Hall–Kier alpha value is -2.20. The molecule has 0 aliphatic carbocycles. The number of nitrogens with one attached hydrogen (secondary N) is 1. The Bertz CT molecular complexity index is 1030. The highest BCUT2D eigenvalue weighted by molar-refractivity contribution is 8.01. The number of methoxy groups -OCH3 is 2. The Balaban J connectivity index is 1.52. The molecule has 1 heterocycles. The summed E-state index contributed by atoms with van der Waals surface area (Å²) >= 11 is 14.6. The van der Waals surface area contributed by atoms with E-state index >= 15 is 0 Å². The van der Waals surface area contributed by atoms with E-state index in [9.17, 15) is 4.79 Å². The number of carbonyl (C=O) groups excluding carboxylic acids is 1. The van der Waals surface area contributed by atoms with Gasteiger partial charge >= 0.3 is 0 Å². The fourth-order valence-electron chi connectivity index (χ4n) is 2.31. The highest BCUT2D eigenvalue weighted by Crippen LogP contribution is 2.31. The van der Waals surface area contributed by atoms with E-state index in [0.717, 1.165) is 0 Å². The molecule has 7 nitrogen and oxygen atoms in total. The molecule has 0 aliphatic rings. The van der Waals surface area contributed by atoms with Gasteiger partial charge in [-0.2, -0.15) is 0 Å². The third-order valence-electron chi connectivity index (χ3n) is 3.70. The molecule has 158 valence electrons. The first-order valence-electron chi connectivity index (χ1n) is 8.53. The minimum Gasteiger partial charge on any atom is -0.497 e. The van der Waals surface area contributed by atoms with Crippen LogP contribution in [0.3, 0.4) is 0 Å². The van der Waals surface area contributed by atoms with E-state index in [2.05, 4.69) is 15.5 Å². The van der Waals surface area contributed by atoms with Gasteiger partial charge in [0.05, 0.1) is 30.7 Å². The molecule has 0 saturated heterocycles. The number of benzene rings is 2. The molecule has 0 unspecified atom stereocenters. The van der Waals surface area contributed by atoms with E-state index in [-0.39, 0.29) is 18.3 Å². The normalized spacial score (nSPS) is 10.5. The van der Waals surface area contributed by atoms with Crippen molar-refractivity contribution in [2.75, 3.05) is 25.3 Å². The second kappa shape index (κ2) is 10.7. The first kappa shape index (κ1) is 22.5. The number of anilines is 1. The summed E-state index contributed by atoms with van der Waals surface area (Å²) < 4.78 is 16.7. The topological polar surface area (TPSA) is 82.6 Å². The molecule has 0 radical (unpaired) electrons. The lowest BCUT2D eigenvalue weighted by atomic mass is 10.2. The van der Waals surface area contributed by atoms with E-state index in [1.54, 1.807) is 43.5 Å². The number of rotatable bonds is 9. The molecule has 0 spiro atoms. The van der Waals surface area contributed by atoms with Crippen molar-refractivity contribution < 1.29 is 19.0 Å². The molecule has 11 heteroatoms. The molecule has 1 N–H and O–H groups in total. The Kier molecular flexibility index (Phi) is 8.03. The van der Waals surface area contributed by atoms with Gasteiger partial charge in [-0.15, -0.1) is 10.2 Å². The van der Waals surface area contributed by atoms with Gasteiger partial charge in [0.1, 0.15) is 23.9 Å². The van der Waals surface area contributed by atoms with E-state index in [1.807, 2.05) is 0 Å². The zero-order valence-electron chi connectivity index (χ0n) is 16.0. The number of hydrogen-bond acceptors (Lipinski definition) is 8. The monoisotopic (exact) mass is 485 g/mol. The van der Waals surface area contributed by atoms with Crippen LogP contribution in [0.1, 0.15) is 5.01 Å². The van der Waals surface area contributed by atoms with Gasteiger partial charge in [-0.25, -0.2) is 0 Å². The van der Waals surface area contributed by atoms with Crippen molar-refractivity contribution in [2.45, 2.75) is 10.9 Å². The van der Waals surface area contributed by atoms with Crippen molar-refractivity contribution in [1.82, 2.24) is 10.2 Å². The predicted molar refractivity (Wildman–Crippen MR) is 120 cm³/mol. The minimum atomic E-state index is -0.201. The second-order valence-electron chi connectivity index (χ2n) is 5.73. The molecule has 0 saturated carbocycles. The molecule has 1 amide bonds. The van der Waals surface area contributed by atoms with Crippen LogP contribution in [0.15, 0.2) is 40.7 Å². The van der Waals surface area contributed by atoms with Gasteiger partial charge < -0.3 is 19.5 Å². The van der Waals surface area contributed by atoms with Crippen molar-refractivity contribution in [3.63, 3.8) is 0 Å². The minimum absolute atomic E-state index is 0.166. The van der Waals surface area contributed by atoms with Crippen molar-refractivity contribution in [2.24, 2.45) is 0 Å². The number of thioether (sulfide) groups is 1. The molecular weight excluding hydrogens is 469 g/mol. The van der Waals surface area contributed by atoms with Gasteiger partial charge in [0, 0.05) is 11.1 Å². The molecule has 2 aromatic carbocycles. The van der Waals surface area contributed by atoms with Gasteiger partial charge in [0.25, 0.3) is 0 Å². The van der Waals surface area contributed by atoms with Crippen LogP contribution in [0.5, 0.6) is 17.2 Å². The van der Waals surface area contributed by atoms with Crippen LogP contribution >= 0.6 is 46.3 Å². The average molecular weight is 486 g/mol. The van der Waals surface area contributed by atoms with Gasteiger partial charge in [-0.3, -0.25) is 4.79 Å². The number of halogens is 2. The van der Waals surface area contributed by atoms with Crippen molar-refractivity contribution in [3.8, 4) is 17.2 Å². The van der Waals surface area contributed by atoms with E-state index in [1.165, 1.54) is 30.2 Å². The molecule has 0 bridgehead atoms. The number of amides is 1. The van der Waals surface area contributed by atoms with Gasteiger partial charge in [0.15, 0.2) is 9.35 Å². The zero-order valence-corrected chi connectivity index (χ0v) is 19.1. The molecule has 3 aromatic rings. The summed E-state index contributed by atoms with van der Waals surface area (Å²) in [5.41, 5.74) is 0.536. The quantitative estimate of drug-likeness (QED) is 0.418. The van der Waals surface area contributed by atoms with E-state index in [0.29, 0.717) is 42.3 Å². The molecule has 0 atom stereocenters. The number of nitrogens with zero attached hydrogens (tertiary/aromatic N) is 2. The molecule has 0 fully saturated rings. The standard InChI is InChI=1S/C19H17Cl2N3O4S2/c1-26-12-4-6-16(27-2)14(8-12)22-17(25)10-29-19-24-23-18(30-19)9-28-15-5-3-11(20)7-13(15)21/h3-8H,9-10H2,1-2H3,(H,22,25). The second-order valence-corrected chi connectivity index (χ2v) is 8.86. The van der Waals surface area contributed by atoms with Gasteiger partial charge in [-0.05, 0) is 30.3 Å². The molecule has 3 rings (SSSR count). The first-order chi connectivity index (χ1) is 14.5. The first-order valence-corrected chi connectivity index (χ1v) is 11.1. The Morgan fingerprint density at radius 3 is 2.63 bits per heavy atom. The summed E-state index contributed by atoms with van der Waals surface area (Å²) in [6, 6.07) is 10.2. The molecular formula is C19H17Cl2N3O4S2. The van der Waals surface area contributed by atoms with Crippen LogP contribution in [-0.2, 0) is 11.4 Å². The highest BCUT2D eigenvalue weighted by atomic mass is 35.5. The lowest BCUT2D eigenvalue weighted by molar-refractivity contribution is -0.113. The summed E-state index contributed by atoms with van der Waals surface area (Å²) in [7, 11) is 3.09. The number of carbonyl (C=O) groups is 1. The third kappa shape index (κ3) is 6.15. The largest absolute Gasteiger partial charge is 0.497 e. The fraction of sp³-hybridized carbons (Fsp3) is 0.211. The van der Waals surface area contributed by atoms with Crippen LogP contribution in [0.4, 0.5) is 5.69 Å². The van der Waals surface area contributed by atoms with E-state index < -0.39 is 0 Å². The Morgan fingerprint density at radius 2 is 1.90 bits per heavy atom. The summed E-state index contributed by atoms with van der Waals surface area (Å²) in [6.07, 6.45) is 0. The maximum Gasteiger partial charge on any atom is 0.234 e. The fourth-order valence-corrected chi connectivity index (χ4v) is 4.38. The third-order valence-corrected chi connectivity index (χ3v) is 6.26. The maximum atomic E-state index is 12.3. The summed E-state index contributed by atoms with van der Waals surface area (Å²) in [5.74, 6) is 1.64. The van der Waals surface area contributed by atoms with Crippen LogP contribution in [0.25, 0.3) is 0 Å². The highest BCUT2D eigenvalue weighted by Gasteiger charge is 2.12. The van der Waals surface area contributed by atoms with Crippen LogP contribution in [0, 0.1) is 0 Å². The number of aromatic nitrogens is 2. The van der Waals surface area contributed by atoms with Gasteiger partial charge in [-0.1, -0.05) is 46.3 Å². The van der Waals surface area contributed by atoms with Crippen molar-refractivity contribution in [1.29, 1.82) is 0 Å². The zero-order chi connectivity index (χ0) is 21.5. The summed E-state index contributed by atoms with van der Waals surface area (Å²) in [4.78, 5) is 12.3. The lowest BCUT2D eigenvalue weighted by Crippen LogP contribution is -2.14. The smallest absolute Gasteiger partial charge is 0.234 e. The van der Waals surface area contributed by atoms with Crippen molar-refractivity contribution >= 4 is 57.9 Å². The lowest BCUT2D eigenvalue weighted by Gasteiger charge is -2.11. The average Bonchev–Trinajstić information content (AvgIpc) is 3.19.